The molecule has 0 bridgehead atoms. The molecule has 1 nitrogen and oxygen atoms in total. The van der Waals surface area contributed by atoms with Crippen LogP contribution in [0, 0.1) is 0 Å². The fraction of sp³-hybridized carbons (Fsp3) is 0.562. The second kappa shape index (κ2) is 6.42. The van der Waals surface area contributed by atoms with Gasteiger partial charge in [-0.2, -0.15) is 0 Å². The molecule has 18 heavy (non-hydrogen) atoms. The number of benzene rings is 1. The third kappa shape index (κ3) is 3.17. The second-order valence-corrected chi connectivity index (χ2v) is 6.60. The fourth-order valence-electron chi connectivity index (χ4n) is 2.70. The molecule has 0 aliphatic heterocycles. The smallest absolute Gasteiger partial charge is 0.149 e. The van der Waals surface area contributed by atoms with E-state index in [1.165, 1.54) is 24.2 Å². The van der Waals surface area contributed by atoms with Crippen LogP contribution in [-0.4, -0.2) is 10.5 Å². The van der Waals surface area contributed by atoms with Crippen LogP contribution in [0.2, 0.25) is 0 Å². The molecule has 0 amide bonds. The largest absolute Gasteiger partial charge is 0.298 e. The van der Waals surface area contributed by atoms with Crippen LogP contribution in [0.4, 0.5) is 0 Å². The lowest BCUT2D eigenvalue weighted by Gasteiger charge is -2.26. The zero-order valence-corrected chi connectivity index (χ0v) is 12.0. The summed E-state index contributed by atoms with van der Waals surface area (Å²) < 4.78 is -0.115. The summed E-state index contributed by atoms with van der Waals surface area (Å²) in [5, 5.41) is 0. The molecule has 2 heteroatoms. The van der Waals surface area contributed by atoms with E-state index in [2.05, 4.69) is 31.2 Å². The SMILES string of the molecule is CCCCCC1(Sc2ccccc2)CCCC1=O. The Labute approximate surface area is 114 Å². The van der Waals surface area contributed by atoms with E-state index in [0.29, 0.717) is 5.78 Å². The van der Waals surface area contributed by atoms with E-state index in [0.717, 1.165) is 25.7 Å². The Kier molecular flexibility index (Phi) is 4.87. The first-order valence-corrected chi connectivity index (χ1v) is 7.86. The highest BCUT2D eigenvalue weighted by Gasteiger charge is 2.42. The Morgan fingerprint density at radius 2 is 2.00 bits per heavy atom. The Morgan fingerprint density at radius 1 is 1.22 bits per heavy atom. The van der Waals surface area contributed by atoms with Crippen LogP contribution in [0.25, 0.3) is 0 Å². The number of thioether (sulfide) groups is 1. The van der Waals surface area contributed by atoms with E-state index in [9.17, 15) is 4.79 Å². The summed E-state index contributed by atoms with van der Waals surface area (Å²) >= 11 is 1.81. The van der Waals surface area contributed by atoms with Crippen LogP contribution >= 0.6 is 11.8 Å². The van der Waals surface area contributed by atoms with Gasteiger partial charge >= 0.3 is 0 Å². The molecule has 1 atom stereocenters. The molecule has 1 unspecified atom stereocenters. The standard InChI is InChI=1S/C16H22OS/c1-2-3-7-12-16(13-8-11-15(16)17)18-14-9-5-4-6-10-14/h4-6,9-10H,2-3,7-8,11-13H2,1H3. The molecule has 1 aliphatic carbocycles. The lowest BCUT2D eigenvalue weighted by molar-refractivity contribution is -0.119. The van der Waals surface area contributed by atoms with Gasteiger partial charge in [-0.15, -0.1) is 11.8 Å². The predicted molar refractivity (Wildman–Crippen MR) is 78.0 cm³/mol. The Morgan fingerprint density at radius 3 is 2.61 bits per heavy atom. The summed E-state index contributed by atoms with van der Waals surface area (Å²) in [7, 11) is 0. The maximum atomic E-state index is 12.3. The van der Waals surface area contributed by atoms with Gasteiger partial charge in [-0.3, -0.25) is 4.79 Å². The minimum Gasteiger partial charge on any atom is -0.298 e. The van der Waals surface area contributed by atoms with Crippen molar-refractivity contribution in [3.63, 3.8) is 0 Å². The lowest BCUT2D eigenvalue weighted by Crippen LogP contribution is -2.29. The highest BCUT2D eigenvalue weighted by molar-refractivity contribution is 8.01. The summed E-state index contributed by atoms with van der Waals surface area (Å²) in [6.45, 7) is 2.22. The molecule has 1 saturated carbocycles. The van der Waals surface area contributed by atoms with Gasteiger partial charge in [0.05, 0.1) is 4.75 Å². The normalized spacial score (nSPS) is 23.5. The van der Waals surface area contributed by atoms with Crippen LogP contribution in [-0.2, 0) is 4.79 Å². The minimum absolute atomic E-state index is 0.115. The van der Waals surface area contributed by atoms with E-state index in [1.807, 2.05) is 17.8 Å². The van der Waals surface area contributed by atoms with E-state index in [1.54, 1.807) is 0 Å². The van der Waals surface area contributed by atoms with Gasteiger partial charge in [0.15, 0.2) is 0 Å². The third-order valence-electron chi connectivity index (χ3n) is 3.73. The highest BCUT2D eigenvalue weighted by Crippen LogP contribution is 2.46. The van der Waals surface area contributed by atoms with Gasteiger partial charge in [-0.1, -0.05) is 44.4 Å². The average Bonchev–Trinajstić information content (AvgIpc) is 2.73. The molecule has 1 aromatic rings. The van der Waals surface area contributed by atoms with Crippen molar-refractivity contribution in [3.05, 3.63) is 30.3 Å². The summed E-state index contributed by atoms with van der Waals surface area (Å²) in [4.78, 5) is 13.5. The van der Waals surface area contributed by atoms with E-state index < -0.39 is 0 Å². The van der Waals surface area contributed by atoms with E-state index in [4.69, 9.17) is 0 Å². The van der Waals surface area contributed by atoms with Gasteiger partial charge in [0, 0.05) is 11.3 Å². The van der Waals surface area contributed by atoms with Crippen LogP contribution < -0.4 is 0 Å². The van der Waals surface area contributed by atoms with Crippen molar-refractivity contribution in [2.45, 2.75) is 61.5 Å². The molecule has 98 valence electrons. The van der Waals surface area contributed by atoms with Gasteiger partial charge in [0.25, 0.3) is 0 Å². The Hall–Kier alpha value is -0.760. The Balaban J connectivity index is 2.08. The number of unbranched alkanes of at least 4 members (excludes halogenated alkanes) is 2. The summed E-state index contributed by atoms with van der Waals surface area (Å²) in [5.74, 6) is 0.479. The average molecular weight is 262 g/mol. The van der Waals surface area contributed by atoms with Crippen molar-refractivity contribution in [2.75, 3.05) is 0 Å². The maximum Gasteiger partial charge on any atom is 0.149 e. The van der Waals surface area contributed by atoms with Crippen LogP contribution in [0.3, 0.4) is 0 Å². The van der Waals surface area contributed by atoms with Gasteiger partial charge in [-0.25, -0.2) is 0 Å². The molecule has 0 saturated heterocycles. The Bertz CT molecular complexity index is 387. The first kappa shape index (κ1) is 13.7. The molecule has 0 N–H and O–H groups in total. The van der Waals surface area contributed by atoms with E-state index in [-0.39, 0.29) is 4.75 Å². The van der Waals surface area contributed by atoms with Gasteiger partial charge in [-0.05, 0) is 31.4 Å². The maximum absolute atomic E-state index is 12.3. The van der Waals surface area contributed by atoms with Crippen molar-refractivity contribution in [1.29, 1.82) is 0 Å². The van der Waals surface area contributed by atoms with Crippen LogP contribution in [0.5, 0.6) is 0 Å². The van der Waals surface area contributed by atoms with Crippen molar-refractivity contribution >= 4 is 17.5 Å². The van der Waals surface area contributed by atoms with Crippen molar-refractivity contribution in [2.24, 2.45) is 0 Å². The van der Waals surface area contributed by atoms with Crippen molar-refractivity contribution in [1.82, 2.24) is 0 Å². The number of carbonyl (C=O) groups is 1. The fourth-order valence-corrected chi connectivity index (χ4v) is 4.15. The molecule has 1 aromatic carbocycles. The minimum atomic E-state index is -0.115. The van der Waals surface area contributed by atoms with Gasteiger partial charge in [0.1, 0.15) is 5.78 Å². The molecule has 1 aliphatic rings. The van der Waals surface area contributed by atoms with Gasteiger partial charge in [0.2, 0.25) is 0 Å². The number of hydrogen-bond donors (Lipinski definition) is 0. The number of hydrogen-bond acceptors (Lipinski definition) is 2. The zero-order valence-electron chi connectivity index (χ0n) is 11.2. The highest BCUT2D eigenvalue weighted by atomic mass is 32.2. The van der Waals surface area contributed by atoms with E-state index >= 15 is 0 Å². The third-order valence-corrected chi connectivity index (χ3v) is 5.27. The van der Waals surface area contributed by atoms with Gasteiger partial charge < -0.3 is 0 Å². The molecule has 2 rings (SSSR count). The molecule has 0 radical (unpaired) electrons. The molecular weight excluding hydrogens is 240 g/mol. The molecule has 0 spiro atoms. The van der Waals surface area contributed by atoms with Crippen molar-refractivity contribution in [3.8, 4) is 0 Å². The summed E-state index contributed by atoms with van der Waals surface area (Å²) in [5.41, 5.74) is 0. The summed E-state index contributed by atoms with van der Waals surface area (Å²) in [6.07, 6.45) is 7.62. The number of ketones is 1. The topological polar surface area (TPSA) is 17.1 Å². The predicted octanol–water partition coefficient (Wildman–Crippen LogP) is 4.85. The lowest BCUT2D eigenvalue weighted by atomic mass is 9.98. The zero-order chi connectivity index (χ0) is 12.8. The molecule has 0 heterocycles. The number of carbonyl (C=O) groups excluding carboxylic acids is 1. The monoisotopic (exact) mass is 262 g/mol. The first-order valence-electron chi connectivity index (χ1n) is 7.04. The summed E-state index contributed by atoms with van der Waals surface area (Å²) in [6, 6.07) is 10.4. The number of rotatable bonds is 6. The van der Waals surface area contributed by atoms with Crippen molar-refractivity contribution < 1.29 is 4.79 Å². The van der Waals surface area contributed by atoms with Crippen LogP contribution in [0.15, 0.2) is 35.2 Å². The molecule has 1 fully saturated rings. The quantitative estimate of drug-likeness (QED) is 0.682. The molecule has 0 aromatic heterocycles. The molecular formula is C16H22OS. The van der Waals surface area contributed by atoms with Crippen LogP contribution in [0.1, 0.15) is 51.9 Å². The first-order chi connectivity index (χ1) is 8.77. The second-order valence-electron chi connectivity index (χ2n) is 5.14. The number of Topliss-reactive ketones (excluding diaryl/α,β-unsaturated/α-hetero) is 1.